The third kappa shape index (κ3) is 10.6. The zero-order chi connectivity index (χ0) is 38.8. The van der Waals surface area contributed by atoms with E-state index in [0.717, 1.165) is 11.1 Å². The Labute approximate surface area is 332 Å². The number of benzene rings is 4. The average Bonchev–Trinajstić information content (AvgIpc) is 3.75. The zero-order valence-electron chi connectivity index (χ0n) is 28.7. The summed E-state index contributed by atoms with van der Waals surface area (Å²) in [5.74, 6) is -1.79. The molecule has 2 heterocycles. The number of amides is 1. The molecular weight excluding hydrogens is 889 g/mol. The van der Waals surface area contributed by atoms with Gasteiger partial charge in [0, 0.05) is 17.6 Å². The van der Waals surface area contributed by atoms with Crippen molar-refractivity contribution in [3.8, 4) is 11.8 Å². The van der Waals surface area contributed by atoms with Gasteiger partial charge in [0.05, 0.1) is 11.3 Å². The van der Waals surface area contributed by atoms with Crippen molar-refractivity contribution in [1.29, 1.82) is 0 Å². The van der Waals surface area contributed by atoms with E-state index in [1.807, 2.05) is 60.7 Å². The number of hydrogen-bond donors (Lipinski definition) is 3. The minimum absolute atomic E-state index is 0.0193. The van der Waals surface area contributed by atoms with Crippen molar-refractivity contribution in [3.63, 3.8) is 0 Å². The zero-order valence-corrected chi connectivity index (χ0v) is 34.0. The van der Waals surface area contributed by atoms with Crippen LogP contribution in [0.5, 0.6) is 11.8 Å². The summed E-state index contributed by atoms with van der Waals surface area (Å²) in [6, 6.07) is 32.0. The van der Waals surface area contributed by atoms with Crippen LogP contribution in [-0.2, 0) is 20.2 Å². The van der Waals surface area contributed by atoms with Crippen LogP contribution in [0.3, 0.4) is 0 Å². The van der Waals surface area contributed by atoms with Crippen molar-refractivity contribution in [2.75, 3.05) is 12.4 Å². The van der Waals surface area contributed by atoms with Crippen LogP contribution < -0.4 is 19.1 Å². The maximum atomic E-state index is 12.7. The fraction of sp³-hybridized carbons (Fsp3) is 0.105. The van der Waals surface area contributed by atoms with E-state index in [1.165, 1.54) is 36.1 Å². The number of carboxylic acid groups (broad SMARTS) is 2. The minimum Gasteiger partial charge on any atom is -0.478 e. The predicted octanol–water partition coefficient (Wildman–Crippen LogP) is 6.02. The quantitative estimate of drug-likeness (QED) is 0.116. The molecule has 0 aliphatic carbocycles. The molecule has 0 spiro atoms. The number of carbonyl (C=O) groups is 4. The number of hydrogen-bond acceptors (Lipinski definition) is 8. The summed E-state index contributed by atoms with van der Waals surface area (Å²) in [5.41, 5.74) is 2.76. The van der Waals surface area contributed by atoms with E-state index in [1.54, 1.807) is 36.0 Å². The summed E-state index contributed by atoms with van der Waals surface area (Å²) in [7, 11) is 3.19. The number of ether oxygens (including phenoxy) is 2. The number of nitrogens with zero attached hydrogens (tertiary/aromatic N) is 4. The van der Waals surface area contributed by atoms with Crippen LogP contribution >= 0.6 is 31.9 Å². The molecule has 1 atom stereocenters. The minimum atomic E-state index is -1.38. The monoisotopic (exact) mass is 919 g/mol. The largest absolute Gasteiger partial charge is 0.478 e. The standard InChI is InChI=1S/C19H16AsBrN2O4.C19H16BrN3O4/c1-27-17-10-16(22-23(17)11-12-5-3-2-4-6-12)18(24)20-15-8-7-13(21)9-14(15)19(25)26;1-23-17(27-11-12-5-3-2-4-6-12)10-16(22-23)18(24)21-15-8-7-13(20)9-14(15)19(25)26/h2-10,20H,11H2,1H3,(H,25,26);2-10H,11H2,1H3,(H,21,24)(H,25,26). The number of methoxy groups -OCH3 is 1. The molecule has 0 radical (unpaired) electrons. The Morgan fingerprint density at radius 2 is 1.33 bits per heavy atom. The van der Waals surface area contributed by atoms with E-state index in [9.17, 15) is 29.4 Å². The van der Waals surface area contributed by atoms with Gasteiger partial charge >= 0.3 is 177 Å². The number of aromatic nitrogens is 4. The Hall–Kier alpha value is -5.50. The second-order valence-electron chi connectivity index (χ2n) is 11.4. The van der Waals surface area contributed by atoms with Gasteiger partial charge in [0.15, 0.2) is 5.69 Å². The SMILES string of the molecule is COc1cc(C(=O)[AsH]c2ccc(Br)cc2C(=O)O)nn1Cc1ccccc1.Cn1nc(C(=O)Nc2ccc(Br)cc2C(=O)O)cc1OCc1ccccc1. The molecule has 0 saturated carbocycles. The van der Waals surface area contributed by atoms with Crippen molar-refractivity contribution in [2.45, 2.75) is 13.2 Å². The van der Waals surface area contributed by atoms with Crippen LogP contribution in [0.15, 0.2) is 118 Å². The van der Waals surface area contributed by atoms with Gasteiger partial charge in [0.1, 0.15) is 6.61 Å². The first-order chi connectivity index (χ1) is 25.9. The van der Waals surface area contributed by atoms with Crippen molar-refractivity contribution < 1.29 is 38.9 Å². The molecule has 0 fully saturated rings. The smallest absolute Gasteiger partial charge is 0.337 e. The summed E-state index contributed by atoms with van der Waals surface area (Å²) in [6.07, 6.45) is 0. The van der Waals surface area contributed by atoms with Gasteiger partial charge in [0.2, 0.25) is 5.88 Å². The molecule has 1 amide bonds. The average molecular weight is 921 g/mol. The van der Waals surface area contributed by atoms with Crippen molar-refractivity contribution in [2.24, 2.45) is 7.05 Å². The summed E-state index contributed by atoms with van der Waals surface area (Å²) >= 11 is 5.10. The molecule has 4 aromatic carbocycles. The number of rotatable bonds is 13. The fourth-order valence-electron chi connectivity index (χ4n) is 4.95. The first-order valence-corrected chi connectivity index (χ1v) is 19.6. The van der Waals surface area contributed by atoms with Gasteiger partial charge in [-0.3, -0.25) is 4.79 Å². The molecule has 3 N–H and O–H groups in total. The first-order valence-electron chi connectivity index (χ1n) is 16.0. The number of anilines is 1. The van der Waals surface area contributed by atoms with Crippen LogP contribution in [0.25, 0.3) is 0 Å². The molecule has 13 nitrogen and oxygen atoms in total. The van der Waals surface area contributed by atoms with E-state index < -0.39 is 33.6 Å². The van der Waals surface area contributed by atoms with E-state index in [2.05, 4.69) is 47.4 Å². The number of halogens is 2. The maximum absolute atomic E-state index is 12.7. The van der Waals surface area contributed by atoms with Gasteiger partial charge in [-0.15, -0.1) is 0 Å². The normalized spacial score (nSPS) is 10.7. The van der Waals surface area contributed by atoms with Crippen LogP contribution in [-0.4, -0.2) is 75.1 Å². The fourth-order valence-corrected chi connectivity index (χ4v) is 7.72. The Balaban J connectivity index is 0.000000208. The van der Waals surface area contributed by atoms with Crippen molar-refractivity contribution in [3.05, 3.63) is 152 Å². The number of aryl methyl sites for hydroxylation is 1. The number of nitrogens with one attached hydrogen (secondary N) is 1. The third-order valence-corrected chi connectivity index (χ3v) is 11.1. The summed E-state index contributed by atoms with van der Waals surface area (Å²) in [6.45, 7) is 0.827. The Kier molecular flexibility index (Phi) is 13.6. The first kappa shape index (κ1) is 39.7. The molecule has 276 valence electrons. The molecule has 6 rings (SSSR count). The summed E-state index contributed by atoms with van der Waals surface area (Å²) < 4.78 is 15.8. The molecule has 2 aromatic heterocycles. The van der Waals surface area contributed by atoms with Gasteiger partial charge in [-0.2, -0.15) is 5.10 Å². The number of carboxylic acids is 2. The third-order valence-electron chi connectivity index (χ3n) is 7.58. The summed E-state index contributed by atoms with van der Waals surface area (Å²) in [4.78, 5) is 48.0. The predicted molar refractivity (Wildman–Crippen MR) is 210 cm³/mol. The van der Waals surface area contributed by atoms with Crippen LogP contribution in [0, 0.1) is 0 Å². The molecule has 1 unspecified atom stereocenters. The molecule has 0 aliphatic rings. The molecule has 0 saturated heterocycles. The topological polar surface area (TPSA) is 175 Å². The van der Waals surface area contributed by atoms with E-state index >= 15 is 0 Å². The van der Waals surface area contributed by atoms with E-state index in [-0.39, 0.29) is 27.1 Å². The van der Waals surface area contributed by atoms with Crippen LogP contribution in [0.2, 0.25) is 0 Å². The second kappa shape index (κ2) is 18.5. The molecule has 16 heteroatoms. The Bertz CT molecular complexity index is 2300. The van der Waals surface area contributed by atoms with Crippen molar-refractivity contribution >= 4 is 80.1 Å². The molecule has 6 aromatic rings. The second-order valence-corrected chi connectivity index (χ2v) is 15.8. The van der Waals surface area contributed by atoms with Crippen molar-refractivity contribution in [1.82, 2.24) is 19.6 Å². The van der Waals surface area contributed by atoms with Crippen LogP contribution in [0.4, 0.5) is 5.69 Å². The Morgan fingerprint density at radius 1 is 0.741 bits per heavy atom. The van der Waals surface area contributed by atoms with Gasteiger partial charge in [-0.25, -0.2) is 9.48 Å². The van der Waals surface area contributed by atoms with E-state index in [4.69, 9.17) is 9.47 Å². The van der Waals surface area contributed by atoms with Gasteiger partial charge in [-0.05, 0) is 23.8 Å². The van der Waals surface area contributed by atoms with Gasteiger partial charge in [-0.1, -0.05) is 46.3 Å². The van der Waals surface area contributed by atoms with Gasteiger partial charge < -0.3 is 15.2 Å². The van der Waals surface area contributed by atoms with Crippen LogP contribution in [0.1, 0.15) is 52.8 Å². The Morgan fingerprint density at radius 3 is 1.96 bits per heavy atom. The summed E-state index contributed by atoms with van der Waals surface area (Å²) in [5, 5.41) is 29.8. The molecule has 54 heavy (non-hydrogen) atoms. The molecular formula is C38H32AsBr2N5O8. The molecule has 0 aliphatic heterocycles. The maximum Gasteiger partial charge on any atom is 0.337 e. The van der Waals surface area contributed by atoms with Gasteiger partial charge in [0.25, 0.3) is 5.91 Å². The number of aromatic carboxylic acids is 2. The molecule has 0 bridgehead atoms. The number of carbonyl (C=O) groups excluding carboxylic acids is 2. The van der Waals surface area contributed by atoms with E-state index in [0.29, 0.717) is 43.9 Å².